The summed E-state index contributed by atoms with van der Waals surface area (Å²) in [7, 11) is 1.43. The Kier molecular flexibility index (Phi) is 2.99. The molecule has 1 heterocycles. The van der Waals surface area contributed by atoms with E-state index in [1.165, 1.54) is 25.3 Å². The van der Waals surface area contributed by atoms with Crippen LogP contribution in [0.25, 0.3) is 0 Å². The lowest BCUT2D eigenvalue weighted by molar-refractivity contribution is -0.262. The van der Waals surface area contributed by atoms with E-state index >= 15 is 0 Å². The lowest BCUT2D eigenvalue weighted by Gasteiger charge is -2.43. The van der Waals surface area contributed by atoms with Crippen LogP contribution < -0.4 is 4.74 Å². The SMILES string of the molecule is COc1ccc(C2(C(F)(F)F)COC2)c(Cl)c1. The third-order valence-corrected chi connectivity index (χ3v) is 3.24. The Morgan fingerprint density at radius 3 is 2.35 bits per heavy atom. The van der Waals surface area contributed by atoms with Crippen molar-refractivity contribution in [3.05, 3.63) is 28.8 Å². The van der Waals surface area contributed by atoms with Crippen LogP contribution in [0.4, 0.5) is 13.2 Å². The molecule has 2 nitrogen and oxygen atoms in total. The van der Waals surface area contributed by atoms with Crippen molar-refractivity contribution >= 4 is 11.6 Å². The topological polar surface area (TPSA) is 18.5 Å². The fourth-order valence-corrected chi connectivity index (χ4v) is 2.14. The van der Waals surface area contributed by atoms with E-state index in [0.717, 1.165) is 0 Å². The van der Waals surface area contributed by atoms with E-state index in [1.807, 2.05) is 0 Å². The predicted octanol–water partition coefficient (Wildman–Crippen LogP) is 3.18. The van der Waals surface area contributed by atoms with Gasteiger partial charge in [0, 0.05) is 5.02 Å². The van der Waals surface area contributed by atoms with Crippen molar-refractivity contribution in [2.24, 2.45) is 0 Å². The zero-order chi connectivity index (χ0) is 12.7. The van der Waals surface area contributed by atoms with Gasteiger partial charge in [-0.25, -0.2) is 0 Å². The molecule has 1 aromatic rings. The lowest BCUT2D eigenvalue weighted by Crippen LogP contribution is -2.57. The second-order valence-electron chi connectivity index (χ2n) is 3.92. The van der Waals surface area contributed by atoms with Crippen molar-refractivity contribution in [3.63, 3.8) is 0 Å². The minimum Gasteiger partial charge on any atom is -0.497 e. The number of benzene rings is 1. The summed E-state index contributed by atoms with van der Waals surface area (Å²) in [5, 5.41) is 0.0463. The maximum absolute atomic E-state index is 13.0. The molecule has 0 aromatic heterocycles. The summed E-state index contributed by atoms with van der Waals surface area (Å²) in [5.41, 5.74) is -1.94. The Morgan fingerprint density at radius 2 is 2.00 bits per heavy atom. The van der Waals surface area contributed by atoms with Crippen LogP contribution in [0.15, 0.2) is 18.2 Å². The van der Waals surface area contributed by atoms with E-state index in [9.17, 15) is 13.2 Å². The fraction of sp³-hybridized carbons (Fsp3) is 0.455. The van der Waals surface area contributed by atoms with Crippen LogP contribution >= 0.6 is 11.6 Å². The van der Waals surface area contributed by atoms with E-state index in [-0.39, 0.29) is 23.8 Å². The smallest absolute Gasteiger partial charge is 0.402 e. The molecule has 94 valence electrons. The van der Waals surface area contributed by atoms with E-state index in [1.54, 1.807) is 0 Å². The van der Waals surface area contributed by atoms with Gasteiger partial charge >= 0.3 is 6.18 Å². The zero-order valence-corrected chi connectivity index (χ0v) is 9.73. The average molecular weight is 267 g/mol. The highest BCUT2D eigenvalue weighted by Gasteiger charge is 2.61. The van der Waals surface area contributed by atoms with Gasteiger partial charge in [0.1, 0.15) is 11.2 Å². The number of hydrogen-bond acceptors (Lipinski definition) is 2. The van der Waals surface area contributed by atoms with E-state index in [4.69, 9.17) is 21.1 Å². The molecular weight excluding hydrogens is 257 g/mol. The van der Waals surface area contributed by atoms with Gasteiger partial charge in [-0.1, -0.05) is 17.7 Å². The third kappa shape index (κ3) is 1.87. The zero-order valence-electron chi connectivity index (χ0n) is 8.97. The first-order chi connectivity index (χ1) is 7.90. The minimum absolute atomic E-state index is 0.0405. The molecule has 1 saturated heterocycles. The predicted molar refractivity (Wildman–Crippen MR) is 56.6 cm³/mol. The summed E-state index contributed by atoms with van der Waals surface area (Å²) in [4.78, 5) is 0. The number of hydrogen-bond donors (Lipinski definition) is 0. The molecule has 1 aliphatic heterocycles. The van der Waals surface area contributed by atoms with Gasteiger partial charge in [0.15, 0.2) is 0 Å². The summed E-state index contributed by atoms with van der Waals surface area (Å²) in [6.45, 7) is -0.773. The number of methoxy groups -OCH3 is 1. The highest BCUT2D eigenvalue weighted by atomic mass is 35.5. The number of alkyl halides is 3. The summed E-state index contributed by atoms with van der Waals surface area (Å²) in [5.74, 6) is 0.427. The molecule has 0 bridgehead atoms. The van der Waals surface area contributed by atoms with Crippen LogP contribution in [-0.2, 0) is 10.2 Å². The van der Waals surface area contributed by atoms with E-state index < -0.39 is 11.6 Å². The van der Waals surface area contributed by atoms with Crippen molar-refractivity contribution in [2.45, 2.75) is 11.6 Å². The molecular formula is C11H10ClF3O2. The van der Waals surface area contributed by atoms with Crippen LogP contribution in [0.1, 0.15) is 5.56 Å². The molecule has 1 aliphatic rings. The van der Waals surface area contributed by atoms with Crippen LogP contribution in [0.2, 0.25) is 5.02 Å². The van der Waals surface area contributed by atoms with Gasteiger partial charge in [-0.05, 0) is 17.7 Å². The molecule has 1 fully saturated rings. The van der Waals surface area contributed by atoms with E-state index in [2.05, 4.69) is 0 Å². The third-order valence-electron chi connectivity index (χ3n) is 2.93. The highest BCUT2D eigenvalue weighted by molar-refractivity contribution is 6.31. The Morgan fingerprint density at radius 1 is 1.35 bits per heavy atom. The van der Waals surface area contributed by atoms with Crippen molar-refractivity contribution in [1.82, 2.24) is 0 Å². The molecule has 0 unspecified atom stereocenters. The van der Waals surface area contributed by atoms with Crippen LogP contribution in [0.3, 0.4) is 0 Å². The van der Waals surface area contributed by atoms with Gasteiger partial charge in [-0.2, -0.15) is 13.2 Å². The van der Waals surface area contributed by atoms with Gasteiger partial charge in [0.05, 0.1) is 20.3 Å². The summed E-state index contributed by atoms with van der Waals surface area (Å²) >= 11 is 5.88. The molecule has 0 saturated carbocycles. The summed E-state index contributed by atoms with van der Waals surface area (Å²) in [6.07, 6.45) is -4.37. The van der Waals surface area contributed by atoms with Gasteiger partial charge < -0.3 is 9.47 Å². The quantitative estimate of drug-likeness (QED) is 0.818. The Labute approximate surface area is 101 Å². The number of rotatable bonds is 2. The van der Waals surface area contributed by atoms with Crippen molar-refractivity contribution < 1.29 is 22.6 Å². The highest BCUT2D eigenvalue weighted by Crippen LogP contribution is 2.48. The van der Waals surface area contributed by atoms with Crippen molar-refractivity contribution in [2.75, 3.05) is 20.3 Å². The Hall–Kier alpha value is -0.940. The van der Waals surface area contributed by atoms with Gasteiger partial charge in [0.25, 0.3) is 0 Å². The molecule has 6 heteroatoms. The van der Waals surface area contributed by atoms with Crippen LogP contribution in [0, 0.1) is 0 Å². The lowest BCUT2D eigenvalue weighted by atomic mass is 9.78. The minimum atomic E-state index is -4.37. The van der Waals surface area contributed by atoms with Gasteiger partial charge in [-0.15, -0.1) is 0 Å². The maximum atomic E-state index is 13.0. The molecule has 0 radical (unpaired) electrons. The van der Waals surface area contributed by atoms with Gasteiger partial charge in [0.2, 0.25) is 0 Å². The summed E-state index contributed by atoms with van der Waals surface area (Å²) in [6, 6.07) is 4.19. The average Bonchev–Trinajstić information content (AvgIpc) is 2.16. The van der Waals surface area contributed by atoms with E-state index in [0.29, 0.717) is 5.75 Å². The molecule has 2 rings (SSSR count). The number of halogens is 4. The first-order valence-electron chi connectivity index (χ1n) is 4.89. The second kappa shape index (κ2) is 4.07. The molecule has 0 amide bonds. The maximum Gasteiger partial charge on any atom is 0.402 e. The normalized spacial score (nSPS) is 18.6. The van der Waals surface area contributed by atoms with Crippen LogP contribution in [0.5, 0.6) is 5.75 Å². The molecule has 0 aliphatic carbocycles. The summed E-state index contributed by atoms with van der Waals surface area (Å²) < 4.78 is 48.7. The standard InChI is InChI=1S/C11H10ClF3O2/c1-16-7-2-3-8(9(12)4-7)10(5-17-6-10)11(13,14)15/h2-4H,5-6H2,1H3. The van der Waals surface area contributed by atoms with Crippen LogP contribution in [-0.4, -0.2) is 26.5 Å². The van der Waals surface area contributed by atoms with Crippen molar-refractivity contribution in [1.29, 1.82) is 0 Å². The largest absolute Gasteiger partial charge is 0.497 e. The van der Waals surface area contributed by atoms with Gasteiger partial charge in [-0.3, -0.25) is 0 Å². The molecule has 1 aromatic carbocycles. The number of ether oxygens (including phenoxy) is 2. The molecule has 0 N–H and O–H groups in total. The fourth-order valence-electron chi connectivity index (χ4n) is 1.79. The molecule has 0 spiro atoms. The Bertz CT molecular complexity index is 427. The molecule has 0 atom stereocenters. The monoisotopic (exact) mass is 266 g/mol. The molecule has 17 heavy (non-hydrogen) atoms. The first-order valence-corrected chi connectivity index (χ1v) is 5.27. The first kappa shape index (κ1) is 12.5. The second-order valence-corrected chi connectivity index (χ2v) is 4.33. The van der Waals surface area contributed by atoms with Crippen molar-refractivity contribution in [3.8, 4) is 5.75 Å². The Balaban J connectivity index is 2.45.